The number of hydrogen-bond acceptors (Lipinski definition) is 6. The highest BCUT2D eigenvalue weighted by molar-refractivity contribution is 6.10. The molecule has 0 aliphatic carbocycles. The molecule has 7 heteroatoms. The molecule has 0 unspecified atom stereocenters. The summed E-state index contributed by atoms with van der Waals surface area (Å²) in [6.45, 7) is 17.7. The van der Waals surface area contributed by atoms with E-state index >= 15 is 0 Å². The zero-order valence-corrected chi connectivity index (χ0v) is 34.0. The number of nitrogens with zero attached hydrogens (tertiary/aromatic N) is 3. The van der Waals surface area contributed by atoms with Gasteiger partial charge in [-0.2, -0.15) is 0 Å². The average molecular weight is 748 g/mol. The Morgan fingerprint density at radius 1 is 0.679 bits per heavy atom. The third-order valence-electron chi connectivity index (χ3n) is 13.0. The van der Waals surface area contributed by atoms with Crippen LogP contribution in [-0.2, 0) is 17.9 Å². The zero-order valence-electron chi connectivity index (χ0n) is 34.0. The molecule has 288 valence electrons. The molecular formula is C49H53N3O4. The fraction of sp³-hybridized carbons (Fsp3) is 0.388. The Morgan fingerprint density at radius 3 is 1.89 bits per heavy atom. The number of anilines is 2. The SMILES string of the molecule is CCCCN(CCCC)c1ccc2cc(-c3ccc4c5ccc(-c6cc7cc8c9c(c7oc6=O)C(C)(C)CCN9CCC8(C)C)cc5n(C)c4c3)c(=O)oc2c1. The van der Waals surface area contributed by atoms with Crippen LogP contribution in [0.5, 0.6) is 0 Å². The van der Waals surface area contributed by atoms with Gasteiger partial charge in [-0.25, -0.2) is 9.59 Å². The molecule has 3 aromatic heterocycles. The lowest BCUT2D eigenvalue weighted by molar-refractivity contribution is 0.398. The fourth-order valence-corrected chi connectivity index (χ4v) is 9.46. The van der Waals surface area contributed by atoms with Crippen molar-refractivity contribution in [1.82, 2.24) is 4.57 Å². The van der Waals surface area contributed by atoms with Crippen molar-refractivity contribution in [3.8, 4) is 22.3 Å². The molecule has 7 aromatic rings. The number of aromatic nitrogens is 1. The summed E-state index contributed by atoms with van der Waals surface area (Å²) in [6, 6.07) is 24.9. The highest BCUT2D eigenvalue weighted by atomic mass is 16.4. The van der Waals surface area contributed by atoms with Crippen LogP contribution in [0.2, 0.25) is 0 Å². The van der Waals surface area contributed by atoms with Gasteiger partial charge >= 0.3 is 11.3 Å². The monoisotopic (exact) mass is 747 g/mol. The van der Waals surface area contributed by atoms with E-state index in [-0.39, 0.29) is 22.1 Å². The van der Waals surface area contributed by atoms with Crippen molar-refractivity contribution in [1.29, 1.82) is 0 Å². The van der Waals surface area contributed by atoms with Crippen LogP contribution >= 0.6 is 0 Å². The van der Waals surface area contributed by atoms with Gasteiger partial charge in [0, 0.05) is 88.8 Å². The van der Waals surface area contributed by atoms with E-state index in [0.717, 1.165) is 120 Å². The molecule has 0 radical (unpaired) electrons. The van der Waals surface area contributed by atoms with Gasteiger partial charge in [0.25, 0.3) is 0 Å². The normalized spacial score (nSPS) is 15.9. The van der Waals surface area contributed by atoms with Crippen molar-refractivity contribution in [3.05, 3.63) is 105 Å². The van der Waals surface area contributed by atoms with Crippen molar-refractivity contribution in [2.75, 3.05) is 36.0 Å². The van der Waals surface area contributed by atoms with E-state index in [4.69, 9.17) is 8.83 Å². The van der Waals surface area contributed by atoms with Crippen molar-refractivity contribution < 1.29 is 8.83 Å². The molecule has 56 heavy (non-hydrogen) atoms. The van der Waals surface area contributed by atoms with Crippen LogP contribution in [0, 0.1) is 0 Å². The van der Waals surface area contributed by atoms with Crippen LogP contribution in [0.4, 0.5) is 11.4 Å². The Balaban J connectivity index is 1.11. The second-order valence-corrected chi connectivity index (χ2v) is 17.7. The number of rotatable bonds is 9. The minimum absolute atomic E-state index is 0.0283. The quantitative estimate of drug-likeness (QED) is 0.137. The molecule has 4 aromatic carbocycles. The molecular weight excluding hydrogens is 695 g/mol. The first-order valence-corrected chi connectivity index (χ1v) is 20.6. The van der Waals surface area contributed by atoms with Crippen molar-refractivity contribution >= 4 is 55.1 Å². The second-order valence-electron chi connectivity index (χ2n) is 17.7. The molecule has 7 nitrogen and oxygen atoms in total. The van der Waals surface area contributed by atoms with Gasteiger partial charge in [0.2, 0.25) is 0 Å². The predicted molar refractivity (Wildman–Crippen MR) is 233 cm³/mol. The number of aryl methyl sites for hydroxylation is 1. The van der Waals surface area contributed by atoms with Crippen molar-refractivity contribution in [2.45, 2.75) is 90.9 Å². The zero-order chi connectivity index (χ0) is 39.1. The van der Waals surface area contributed by atoms with Crippen molar-refractivity contribution in [3.63, 3.8) is 0 Å². The summed E-state index contributed by atoms with van der Waals surface area (Å²) in [5.41, 5.74) is 10.2. The first-order chi connectivity index (χ1) is 26.9. The Labute approximate surface area is 328 Å². The van der Waals surface area contributed by atoms with E-state index < -0.39 is 0 Å². The number of fused-ring (bicyclic) bond motifs is 6. The summed E-state index contributed by atoms with van der Waals surface area (Å²) in [6.07, 6.45) is 6.64. The summed E-state index contributed by atoms with van der Waals surface area (Å²) < 4.78 is 14.5. The predicted octanol–water partition coefficient (Wildman–Crippen LogP) is 11.5. The molecule has 2 aliphatic heterocycles. The lowest BCUT2D eigenvalue weighted by Gasteiger charge is -2.48. The van der Waals surface area contributed by atoms with Gasteiger partial charge in [0.05, 0.1) is 11.1 Å². The molecule has 0 atom stereocenters. The summed E-state index contributed by atoms with van der Waals surface area (Å²) in [5.74, 6) is 0. The molecule has 9 rings (SSSR count). The largest absolute Gasteiger partial charge is 0.422 e. The van der Waals surface area contributed by atoms with Crippen LogP contribution < -0.4 is 21.1 Å². The molecule has 0 bridgehead atoms. The molecule has 0 saturated heterocycles. The number of hydrogen-bond donors (Lipinski definition) is 0. The first kappa shape index (κ1) is 36.3. The molecule has 0 N–H and O–H groups in total. The molecule has 0 saturated carbocycles. The average Bonchev–Trinajstić information content (AvgIpc) is 3.46. The minimum atomic E-state index is -0.346. The smallest absolute Gasteiger partial charge is 0.344 e. The Bertz CT molecular complexity index is 2810. The van der Waals surface area contributed by atoms with E-state index in [1.807, 2.05) is 31.3 Å². The van der Waals surface area contributed by atoms with Crippen LogP contribution in [0.25, 0.3) is 66.0 Å². The van der Waals surface area contributed by atoms with Crippen LogP contribution in [-0.4, -0.2) is 30.7 Å². The highest BCUT2D eigenvalue weighted by Crippen LogP contribution is 2.52. The van der Waals surface area contributed by atoms with E-state index in [9.17, 15) is 9.59 Å². The van der Waals surface area contributed by atoms with E-state index in [1.54, 1.807) is 0 Å². The second kappa shape index (κ2) is 13.4. The maximum Gasteiger partial charge on any atom is 0.344 e. The lowest BCUT2D eigenvalue weighted by Crippen LogP contribution is -2.44. The van der Waals surface area contributed by atoms with Gasteiger partial charge in [-0.1, -0.05) is 78.6 Å². The van der Waals surface area contributed by atoms with Gasteiger partial charge in [-0.3, -0.25) is 0 Å². The topological polar surface area (TPSA) is 71.8 Å². The Kier molecular flexibility index (Phi) is 8.71. The third-order valence-corrected chi connectivity index (χ3v) is 13.0. The Morgan fingerprint density at radius 2 is 1.27 bits per heavy atom. The van der Waals surface area contributed by atoms with E-state index in [2.05, 4.69) is 104 Å². The number of unbranched alkanes of at least 4 members (excludes halogenated alkanes) is 2. The highest BCUT2D eigenvalue weighted by Gasteiger charge is 2.42. The standard InChI is InChI=1S/C49H53N3O4/c1-8-10-20-51(21-11-9-2)34-15-12-32-24-37(46(53)55-42(32)29-34)30-13-16-35-36-17-14-31(28-41(36)50(7)40(35)27-30)38-25-33-26-39-44-43(45(33)56-47(38)54)49(5,6)19-23-52(44)22-18-48(39,3)4/h12-17,24-29H,8-11,18-23H2,1-7H3. The summed E-state index contributed by atoms with van der Waals surface area (Å²) in [7, 11) is 2.04. The van der Waals surface area contributed by atoms with Gasteiger partial charge < -0.3 is 23.2 Å². The fourth-order valence-electron chi connectivity index (χ4n) is 9.46. The molecule has 2 aliphatic rings. The first-order valence-electron chi connectivity index (χ1n) is 20.6. The van der Waals surface area contributed by atoms with Gasteiger partial charge in [-0.05, 0) is 95.7 Å². The maximum atomic E-state index is 13.9. The van der Waals surface area contributed by atoms with E-state index in [1.165, 1.54) is 16.8 Å². The lowest BCUT2D eigenvalue weighted by atomic mass is 9.69. The third kappa shape index (κ3) is 5.84. The molecule has 0 amide bonds. The van der Waals surface area contributed by atoms with Crippen LogP contribution in [0.1, 0.15) is 91.2 Å². The van der Waals surface area contributed by atoms with Crippen LogP contribution in [0.3, 0.4) is 0 Å². The summed E-state index contributed by atoms with van der Waals surface area (Å²) >= 11 is 0. The van der Waals surface area contributed by atoms with Crippen LogP contribution in [0.15, 0.2) is 91.2 Å². The van der Waals surface area contributed by atoms with Gasteiger partial charge in [0.1, 0.15) is 11.2 Å². The summed E-state index contributed by atoms with van der Waals surface area (Å²) in [4.78, 5) is 32.4. The maximum absolute atomic E-state index is 13.9. The number of benzene rings is 4. The minimum Gasteiger partial charge on any atom is -0.422 e. The summed E-state index contributed by atoms with van der Waals surface area (Å²) in [5, 5.41) is 4.05. The Hall–Kier alpha value is -5.30. The van der Waals surface area contributed by atoms with Gasteiger partial charge in [0.15, 0.2) is 0 Å². The van der Waals surface area contributed by atoms with Gasteiger partial charge in [-0.15, -0.1) is 0 Å². The van der Waals surface area contributed by atoms with E-state index in [0.29, 0.717) is 16.7 Å². The molecule has 5 heterocycles. The molecule has 0 fully saturated rings. The molecule has 0 spiro atoms. The van der Waals surface area contributed by atoms with Crippen molar-refractivity contribution in [2.24, 2.45) is 7.05 Å².